The van der Waals surface area contributed by atoms with Crippen LogP contribution in [0.4, 0.5) is 0 Å². The first kappa shape index (κ1) is 10.9. The fourth-order valence-corrected chi connectivity index (χ4v) is 0.845. The molecule has 68 valence electrons. The van der Waals surface area contributed by atoms with Gasteiger partial charge in [0.25, 0.3) is 4.84 Å². The molecule has 12 heavy (non-hydrogen) atoms. The third kappa shape index (κ3) is 2.50. The number of carboxylic acid groups (broad SMARTS) is 1. The Morgan fingerprint density at radius 1 is 1.58 bits per heavy atom. The molecular formula is C7H11NO3S. The van der Waals surface area contributed by atoms with E-state index in [1.54, 1.807) is 6.92 Å². The minimum absolute atomic E-state index is 0.0925. The fraction of sp³-hybridized carbons (Fsp3) is 0.429. The maximum atomic E-state index is 10.3. The number of H-pyrrole nitrogens is 1. The molecule has 5 heteroatoms. The average Bonchev–Trinajstić information content (AvgIpc) is 2.34. The second-order valence-corrected chi connectivity index (χ2v) is 2.14. The molecule has 0 radical (unpaired) electrons. The predicted octanol–water partition coefficient (Wildman–Crippen LogP) is 2.37. The van der Waals surface area contributed by atoms with Gasteiger partial charge in [-0.15, -0.1) is 0 Å². The monoisotopic (exact) mass is 189 g/mol. The molecular weight excluding hydrogens is 178 g/mol. The largest absolute Gasteiger partial charge is 0.475 e. The van der Waals surface area contributed by atoms with Gasteiger partial charge in [-0.2, -0.15) is 0 Å². The van der Waals surface area contributed by atoms with E-state index >= 15 is 0 Å². The van der Waals surface area contributed by atoms with Crippen LogP contribution in [0.15, 0.2) is 4.42 Å². The van der Waals surface area contributed by atoms with Crippen molar-refractivity contribution in [2.45, 2.75) is 20.8 Å². The molecule has 0 atom stereocenters. The van der Waals surface area contributed by atoms with Crippen molar-refractivity contribution in [1.29, 1.82) is 0 Å². The molecule has 1 rings (SSSR count). The van der Waals surface area contributed by atoms with Crippen LogP contribution < -0.4 is 0 Å². The minimum Gasteiger partial charge on any atom is -0.475 e. The third-order valence-electron chi connectivity index (χ3n) is 1.02. The summed E-state index contributed by atoms with van der Waals surface area (Å²) >= 11 is 4.55. The first-order chi connectivity index (χ1) is 5.61. The van der Waals surface area contributed by atoms with Gasteiger partial charge in [0.05, 0.1) is 5.69 Å². The van der Waals surface area contributed by atoms with E-state index in [0.29, 0.717) is 5.69 Å². The van der Waals surface area contributed by atoms with Crippen molar-refractivity contribution in [3.8, 4) is 0 Å². The van der Waals surface area contributed by atoms with Gasteiger partial charge < -0.3 is 14.5 Å². The standard InChI is InChI=1S/C5H5NO3S.C2H6/c1-2-3(4(7)8)9-5(10)6-2;1-2/h1H3,(H,6,10)(H,7,8);1-2H3. The van der Waals surface area contributed by atoms with Crippen LogP contribution in [0.5, 0.6) is 0 Å². The average molecular weight is 189 g/mol. The number of hydrogen-bond donors (Lipinski definition) is 2. The van der Waals surface area contributed by atoms with Gasteiger partial charge in [-0.3, -0.25) is 0 Å². The normalized spacial score (nSPS) is 8.58. The van der Waals surface area contributed by atoms with E-state index in [-0.39, 0.29) is 10.6 Å². The SMILES string of the molecule is CC.Cc1[nH]c(=S)oc1C(=O)O. The zero-order valence-corrected chi connectivity index (χ0v) is 7.99. The lowest BCUT2D eigenvalue weighted by Gasteiger charge is -1.84. The van der Waals surface area contributed by atoms with Crippen molar-refractivity contribution in [1.82, 2.24) is 4.98 Å². The van der Waals surface area contributed by atoms with Crippen molar-refractivity contribution in [3.63, 3.8) is 0 Å². The van der Waals surface area contributed by atoms with Gasteiger partial charge in [-0.25, -0.2) is 4.79 Å². The number of carbonyl (C=O) groups is 1. The summed E-state index contributed by atoms with van der Waals surface area (Å²) in [5.74, 6) is -1.23. The van der Waals surface area contributed by atoms with E-state index in [9.17, 15) is 4.79 Å². The molecule has 2 N–H and O–H groups in total. The summed E-state index contributed by atoms with van der Waals surface area (Å²) in [6, 6.07) is 0. The van der Waals surface area contributed by atoms with Crippen LogP contribution in [0.2, 0.25) is 0 Å². The number of aromatic amines is 1. The highest BCUT2D eigenvalue weighted by atomic mass is 32.1. The molecule has 0 aliphatic rings. The molecule has 0 amide bonds. The molecule has 0 aromatic carbocycles. The number of nitrogens with one attached hydrogen (secondary N) is 1. The summed E-state index contributed by atoms with van der Waals surface area (Å²) in [6.07, 6.45) is 0. The highest BCUT2D eigenvalue weighted by molar-refractivity contribution is 7.71. The second kappa shape index (κ2) is 4.71. The maximum absolute atomic E-state index is 10.3. The number of carboxylic acids is 1. The smallest absolute Gasteiger partial charge is 0.373 e. The van der Waals surface area contributed by atoms with Crippen LogP contribution in [0.3, 0.4) is 0 Å². The van der Waals surface area contributed by atoms with Crippen molar-refractivity contribution in [2.24, 2.45) is 0 Å². The lowest BCUT2D eigenvalue weighted by Crippen LogP contribution is -1.95. The number of oxazole rings is 1. The molecule has 0 saturated carbocycles. The Labute approximate surface area is 75.2 Å². The topological polar surface area (TPSA) is 66.2 Å². The van der Waals surface area contributed by atoms with Crippen molar-refractivity contribution in [2.75, 3.05) is 0 Å². The van der Waals surface area contributed by atoms with Gasteiger partial charge in [-0.1, -0.05) is 13.8 Å². The predicted molar refractivity (Wildman–Crippen MR) is 46.9 cm³/mol. The Balaban J connectivity index is 0.000000561. The van der Waals surface area contributed by atoms with Crippen LogP contribution in [-0.2, 0) is 0 Å². The molecule has 0 aliphatic carbocycles. The zero-order valence-electron chi connectivity index (χ0n) is 7.17. The summed E-state index contributed by atoms with van der Waals surface area (Å²) in [5.41, 5.74) is 0.442. The molecule has 0 fully saturated rings. The molecule has 0 spiro atoms. The second-order valence-electron chi connectivity index (χ2n) is 1.77. The summed E-state index contributed by atoms with van der Waals surface area (Å²) < 4.78 is 4.64. The van der Waals surface area contributed by atoms with Crippen molar-refractivity contribution < 1.29 is 14.3 Å². The third-order valence-corrected chi connectivity index (χ3v) is 1.20. The van der Waals surface area contributed by atoms with Crippen molar-refractivity contribution >= 4 is 18.2 Å². The van der Waals surface area contributed by atoms with Gasteiger partial charge >= 0.3 is 5.97 Å². The Bertz CT molecular complexity index is 313. The Hall–Kier alpha value is -1.10. The Morgan fingerprint density at radius 3 is 2.25 bits per heavy atom. The molecule has 0 aliphatic heterocycles. The first-order valence-electron chi connectivity index (χ1n) is 3.54. The molecule has 0 bridgehead atoms. The molecule has 0 unspecified atom stereocenters. The fourth-order valence-electron chi connectivity index (χ4n) is 0.609. The molecule has 1 heterocycles. The zero-order chi connectivity index (χ0) is 9.72. The van der Waals surface area contributed by atoms with Gasteiger partial charge in [-0.05, 0) is 19.1 Å². The lowest BCUT2D eigenvalue weighted by atomic mass is 10.4. The van der Waals surface area contributed by atoms with Crippen LogP contribution >= 0.6 is 12.2 Å². The number of hydrogen-bond acceptors (Lipinski definition) is 3. The van der Waals surface area contributed by atoms with E-state index in [1.165, 1.54) is 0 Å². The summed E-state index contributed by atoms with van der Waals surface area (Å²) in [6.45, 7) is 5.59. The van der Waals surface area contributed by atoms with E-state index in [1.807, 2.05) is 13.8 Å². The highest BCUT2D eigenvalue weighted by Crippen LogP contribution is 2.05. The number of aryl methyl sites for hydroxylation is 1. The van der Waals surface area contributed by atoms with Gasteiger partial charge in [0.15, 0.2) is 0 Å². The molecule has 1 aromatic rings. The van der Waals surface area contributed by atoms with E-state index in [0.717, 1.165) is 0 Å². The van der Waals surface area contributed by atoms with Crippen LogP contribution in [0, 0.1) is 11.8 Å². The van der Waals surface area contributed by atoms with Gasteiger partial charge in [0.1, 0.15) is 0 Å². The Morgan fingerprint density at radius 2 is 2.08 bits per heavy atom. The van der Waals surface area contributed by atoms with Gasteiger partial charge in [0.2, 0.25) is 5.76 Å². The summed E-state index contributed by atoms with van der Waals surface area (Å²) in [7, 11) is 0. The Kier molecular flexibility index (Phi) is 4.28. The van der Waals surface area contributed by atoms with Crippen LogP contribution in [0.1, 0.15) is 30.1 Å². The number of aromatic nitrogens is 1. The summed E-state index contributed by atoms with van der Waals surface area (Å²) in [5, 5.41) is 8.42. The minimum atomic E-state index is -1.11. The summed E-state index contributed by atoms with van der Waals surface area (Å²) in [4.78, 5) is 12.9. The van der Waals surface area contributed by atoms with E-state index in [2.05, 4.69) is 21.6 Å². The number of aromatic carboxylic acids is 1. The van der Waals surface area contributed by atoms with E-state index in [4.69, 9.17) is 5.11 Å². The van der Waals surface area contributed by atoms with Crippen LogP contribution in [-0.4, -0.2) is 16.1 Å². The highest BCUT2D eigenvalue weighted by Gasteiger charge is 2.10. The van der Waals surface area contributed by atoms with E-state index < -0.39 is 5.97 Å². The van der Waals surface area contributed by atoms with Crippen LogP contribution in [0.25, 0.3) is 0 Å². The maximum Gasteiger partial charge on any atom is 0.373 e. The molecule has 0 saturated heterocycles. The first-order valence-corrected chi connectivity index (χ1v) is 3.95. The number of rotatable bonds is 1. The lowest BCUT2D eigenvalue weighted by molar-refractivity contribution is 0.0660. The van der Waals surface area contributed by atoms with Gasteiger partial charge in [0, 0.05) is 0 Å². The molecule has 4 nitrogen and oxygen atoms in total. The quantitative estimate of drug-likeness (QED) is 0.665. The molecule has 1 aromatic heterocycles. The van der Waals surface area contributed by atoms with Crippen molar-refractivity contribution in [3.05, 3.63) is 16.3 Å².